The van der Waals surface area contributed by atoms with Crippen molar-refractivity contribution in [3.8, 4) is 0 Å². The highest BCUT2D eigenvalue weighted by Crippen LogP contribution is 2.07. The smallest absolute Gasteiger partial charge is 0.251 e. The summed E-state index contributed by atoms with van der Waals surface area (Å²) in [5, 5.41) is 5.45. The lowest BCUT2D eigenvalue weighted by Gasteiger charge is -2.06. The normalized spacial score (nSPS) is 9.89. The Morgan fingerprint density at radius 1 is 1.11 bits per heavy atom. The zero-order valence-electron chi connectivity index (χ0n) is 10.4. The van der Waals surface area contributed by atoms with Crippen molar-refractivity contribution in [3.63, 3.8) is 0 Å². The molecule has 1 aromatic rings. The molecule has 1 rings (SSSR count). The van der Waals surface area contributed by atoms with E-state index in [1.165, 1.54) is 0 Å². The van der Waals surface area contributed by atoms with Crippen LogP contribution in [0.15, 0.2) is 29.2 Å². The summed E-state index contributed by atoms with van der Waals surface area (Å²) in [6, 6.07) is 6.92. The third kappa shape index (κ3) is 5.23. The van der Waals surface area contributed by atoms with Crippen LogP contribution in [0.25, 0.3) is 0 Å². The van der Waals surface area contributed by atoms with Gasteiger partial charge in [0.1, 0.15) is 0 Å². The van der Waals surface area contributed by atoms with Crippen LogP contribution in [0.2, 0.25) is 0 Å². The van der Waals surface area contributed by atoms with E-state index >= 15 is 0 Å². The zero-order chi connectivity index (χ0) is 13.4. The van der Waals surface area contributed by atoms with Crippen LogP contribution in [0.4, 0.5) is 0 Å². The largest absolute Gasteiger partial charge is 0.356 e. The number of carbonyl (C=O) groups excluding carboxylic acids is 2. The molecular formula is C13H18N2O2S. The molecule has 0 saturated heterocycles. The molecule has 0 spiro atoms. The Hall–Kier alpha value is -1.49. The second-order valence-electron chi connectivity index (χ2n) is 3.90. The minimum atomic E-state index is -0.174. The second-order valence-corrected chi connectivity index (χ2v) is 4.42. The number of hydrogen-bond acceptors (Lipinski definition) is 3. The average molecular weight is 266 g/mol. The molecule has 18 heavy (non-hydrogen) atoms. The number of benzene rings is 1. The minimum absolute atomic E-state index is 0.0390. The Kier molecular flexibility index (Phi) is 6.28. The molecule has 0 aliphatic carbocycles. The van der Waals surface area contributed by atoms with E-state index in [0.717, 1.165) is 11.3 Å². The third-order valence-electron chi connectivity index (χ3n) is 2.34. The van der Waals surface area contributed by atoms with Crippen molar-refractivity contribution >= 4 is 24.4 Å². The summed E-state index contributed by atoms with van der Waals surface area (Å²) in [5.41, 5.74) is 0.571. The van der Waals surface area contributed by atoms with E-state index in [0.29, 0.717) is 25.1 Å². The molecule has 2 amide bonds. The van der Waals surface area contributed by atoms with E-state index in [2.05, 4.69) is 23.3 Å². The molecule has 98 valence electrons. The molecule has 4 nitrogen and oxygen atoms in total. The zero-order valence-corrected chi connectivity index (χ0v) is 11.3. The fourth-order valence-electron chi connectivity index (χ4n) is 1.36. The summed E-state index contributed by atoms with van der Waals surface area (Å²) < 4.78 is 0. The Bertz CT molecular complexity index is 404. The number of carbonyl (C=O) groups is 2. The number of amides is 2. The van der Waals surface area contributed by atoms with Crippen molar-refractivity contribution < 1.29 is 9.59 Å². The molecule has 0 unspecified atom stereocenters. The average Bonchev–Trinajstić information content (AvgIpc) is 2.37. The third-order valence-corrected chi connectivity index (χ3v) is 2.64. The van der Waals surface area contributed by atoms with E-state index in [9.17, 15) is 9.59 Å². The standard InChI is InChI=1S/C13H18N2O2S/c1-2-8-14-12(16)7-9-15-13(17)10-3-5-11(18)6-4-10/h3-6,18H,2,7-9H2,1H3,(H,14,16)(H,15,17). The van der Waals surface area contributed by atoms with Gasteiger partial charge in [-0.1, -0.05) is 6.92 Å². The Morgan fingerprint density at radius 2 is 1.78 bits per heavy atom. The lowest BCUT2D eigenvalue weighted by Crippen LogP contribution is -2.31. The van der Waals surface area contributed by atoms with Crippen LogP contribution in [0.5, 0.6) is 0 Å². The van der Waals surface area contributed by atoms with Crippen LogP contribution in [-0.4, -0.2) is 24.9 Å². The lowest BCUT2D eigenvalue weighted by molar-refractivity contribution is -0.120. The predicted molar refractivity (Wildman–Crippen MR) is 73.9 cm³/mol. The van der Waals surface area contributed by atoms with Gasteiger partial charge in [-0.2, -0.15) is 0 Å². The van der Waals surface area contributed by atoms with Crippen molar-refractivity contribution in [1.82, 2.24) is 10.6 Å². The number of rotatable bonds is 6. The van der Waals surface area contributed by atoms with Gasteiger partial charge in [0.2, 0.25) is 5.91 Å². The highest BCUT2D eigenvalue weighted by atomic mass is 32.1. The summed E-state index contributed by atoms with van der Waals surface area (Å²) in [5.74, 6) is -0.213. The molecule has 0 bridgehead atoms. The molecule has 2 N–H and O–H groups in total. The van der Waals surface area contributed by atoms with Crippen molar-refractivity contribution in [1.29, 1.82) is 0 Å². The van der Waals surface area contributed by atoms with Crippen LogP contribution in [0.1, 0.15) is 30.1 Å². The van der Waals surface area contributed by atoms with Crippen LogP contribution in [0.3, 0.4) is 0 Å². The van der Waals surface area contributed by atoms with Gasteiger partial charge in [0.05, 0.1) is 0 Å². The predicted octanol–water partition coefficient (Wildman–Crippen LogP) is 1.62. The topological polar surface area (TPSA) is 58.2 Å². The number of thiol groups is 1. The molecule has 0 aliphatic rings. The van der Waals surface area contributed by atoms with Crippen LogP contribution >= 0.6 is 12.6 Å². The second kappa shape index (κ2) is 7.76. The van der Waals surface area contributed by atoms with Gasteiger partial charge in [-0.25, -0.2) is 0 Å². The van der Waals surface area contributed by atoms with Crippen LogP contribution in [-0.2, 0) is 4.79 Å². The molecule has 0 atom stereocenters. The molecule has 0 saturated carbocycles. The molecule has 5 heteroatoms. The van der Waals surface area contributed by atoms with Gasteiger partial charge in [-0.3, -0.25) is 9.59 Å². The minimum Gasteiger partial charge on any atom is -0.356 e. The first-order chi connectivity index (χ1) is 8.63. The highest BCUT2D eigenvalue weighted by molar-refractivity contribution is 7.80. The lowest BCUT2D eigenvalue weighted by atomic mass is 10.2. The van der Waals surface area contributed by atoms with Crippen LogP contribution < -0.4 is 10.6 Å². The van der Waals surface area contributed by atoms with E-state index in [-0.39, 0.29) is 11.8 Å². The SMILES string of the molecule is CCCNC(=O)CCNC(=O)c1ccc(S)cc1. The Labute approximate surface area is 113 Å². The van der Waals surface area contributed by atoms with E-state index in [1.54, 1.807) is 24.3 Å². The number of hydrogen-bond donors (Lipinski definition) is 3. The van der Waals surface area contributed by atoms with Crippen LogP contribution in [0, 0.1) is 0 Å². The molecule has 1 aromatic carbocycles. The summed E-state index contributed by atoms with van der Waals surface area (Å²) in [4.78, 5) is 23.8. The van der Waals surface area contributed by atoms with Gasteiger partial charge in [-0.05, 0) is 30.7 Å². The van der Waals surface area contributed by atoms with Crippen molar-refractivity contribution in [3.05, 3.63) is 29.8 Å². The maximum absolute atomic E-state index is 11.7. The van der Waals surface area contributed by atoms with Crippen molar-refractivity contribution in [2.24, 2.45) is 0 Å². The first-order valence-corrected chi connectivity index (χ1v) is 6.42. The van der Waals surface area contributed by atoms with Crippen molar-refractivity contribution in [2.75, 3.05) is 13.1 Å². The monoisotopic (exact) mass is 266 g/mol. The van der Waals surface area contributed by atoms with Gasteiger partial charge in [0, 0.05) is 30.0 Å². The fourth-order valence-corrected chi connectivity index (χ4v) is 1.51. The van der Waals surface area contributed by atoms with Gasteiger partial charge >= 0.3 is 0 Å². The first-order valence-electron chi connectivity index (χ1n) is 5.97. The molecular weight excluding hydrogens is 248 g/mol. The van der Waals surface area contributed by atoms with Crippen molar-refractivity contribution in [2.45, 2.75) is 24.7 Å². The Balaban J connectivity index is 2.29. The summed E-state index contributed by atoms with van der Waals surface area (Å²) in [7, 11) is 0. The van der Waals surface area contributed by atoms with E-state index in [1.807, 2.05) is 6.92 Å². The molecule has 0 heterocycles. The Morgan fingerprint density at radius 3 is 2.39 bits per heavy atom. The van der Waals surface area contributed by atoms with Gasteiger partial charge in [0.25, 0.3) is 5.91 Å². The summed E-state index contributed by atoms with van der Waals surface area (Å²) in [6.07, 6.45) is 1.21. The fraction of sp³-hybridized carbons (Fsp3) is 0.385. The maximum atomic E-state index is 11.7. The maximum Gasteiger partial charge on any atom is 0.251 e. The van der Waals surface area contributed by atoms with E-state index in [4.69, 9.17) is 0 Å². The first kappa shape index (κ1) is 14.6. The molecule has 0 aliphatic heterocycles. The van der Waals surface area contributed by atoms with E-state index < -0.39 is 0 Å². The quantitative estimate of drug-likeness (QED) is 0.685. The van der Waals surface area contributed by atoms with Gasteiger partial charge in [0.15, 0.2) is 0 Å². The molecule has 0 radical (unpaired) electrons. The van der Waals surface area contributed by atoms with Gasteiger partial charge < -0.3 is 10.6 Å². The molecule has 0 fully saturated rings. The highest BCUT2D eigenvalue weighted by Gasteiger charge is 2.05. The van der Waals surface area contributed by atoms with Gasteiger partial charge in [-0.15, -0.1) is 12.6 Å². The summed E-state index contributed by atoms with van der Waals surface area (Å²) >= 11 is 4.15. The number of nitrogens with one attached hydrogen (secondary N) is 2. The summed E-state index contributed by atoms with van der Waals surface area (Å²) in [6.45, 7) is 3.01. The molecule has 0 aromatic heterocycles.